The van der Waals surface area contributed by atoms with E-state index in [0.717, 1.165) is 19.3 Å². The van der Waals surface area contributed by atoms with Gasteiger partial charge < -0.3 is 14.8 Å². The molecule has 21 heavy (non-hydrogen) atoms. The average Bonchev–Trinajstić information content (AvgIpc) is 2.53. The van der Waals surface area contributed by atoms with Gasteiger partial charge in [-0.2, -0.15) is 5.26 Å². The molecule has 1 aromatic carbocycles. The summed E-state index contributed by atoms with van der Waals surface area (Å²) in [7, 11) is 0. The maximum Gasteiger partial charge on any atom is 0.264 e. The quantitative estimate of drug-likeness (QED) is 0.611. The number of benzene rings is 1. The number of nitriles is 1. The van der Waals surface area contributed by atoms with Crippen LogP contribution in [0, 0.1) is 11.3 Å². The van der Waals surface area contributed by atoms with E-state index in [4.69, 9.17) is 5.26 Å². The fourth-order valence-electron chi connectivity index (χ4n) is 2.29. The Morgan fingerprint density at radius 1 is 1.14 bits per heavy atom. The van der Waals surface area contributed by atoms with E-state index in [2.05, 4.69) is 0 Å². The van der Waals surface area contributed by atoms with Crippen LogP contribution in [-0.4, -0.2) is 29.9 Å². The van der Waals surface area contributed by atoms with Gasteiger partial charge in [-0.1, -0.05) is 24.3 Å². The minimum atomic E-state index is -1.25. The Balaban J connectivity index is 2.17. The first kappa shape index (κ1) is 14.8. The first-order valence-corrected chi connectivity index (χ1v) is 6.84. The number of aromatic carboxylic acids is 1. The predicted octanol–water partition coefficient (Wildman–Crippen LogP) is 0.970. The van der Waals surface area contributed by atoms with Crippen LogP contribution in [0.25, 0.3) is 6.08 Å². The lowest BCUT2D eigenvalue weighted by Gasteiger charge is -2.26. The molecule has 0 atom stereocenters. The van der Waals surface area contributed by atoms with Crippen LogP contribution in [0.2, 0.25) is 0 Å². The molecule has 2 rings (SSSR count). The van der Waals surface area contributed by atoms with Gasteiger partial charge in [0.15, 0.2) is 0 Å². The summed E-state index contributed by atoms with van der Waals surface area (Å²) in [6.45, 7) is 1.36. The highest BCUT2D eigenvalue weighted by Crippen LogP contribution is 2.15. The van der Waals surface area contributed by atoms with Gasteiger partial charge in [-0.3, -0.25) is 4.79 Å². The summed E-state index contributed by atoms with van der Waals surface area (Å²) in [5.74, 6) is -1.52. The second-order valence-electron chi connectivity index (χ2n) is 4.93. The monoisotopic (exact) mass is 283 g/mol. The normalized spacial score (nSPS) is 15.4. The summed E-state index contributed by atoms with van der Waals surface area (Å²) in [6.07, 6.45) is 4.52. The van der Waals surface area contributed by atoms with Crippen molar-refractivity contribution in [2.75, 3.05) is 13.1 Å². The Bertz CT molecular complexity index is 605. The minimum Gasteiger partial charge on any atom is -0.545 e. The molecule has 5 nitrogen and oxygen atoms in total. The van der Waals surface area contributed by atoms with Gasteiger partial charge >= 0.3 is 0 Å². The van der Waals surface area contributed by atoms with Gasteiger partial charge in [-0.15, -0.1) is 0 Å². The maximum atomic E-state index is 12.2. The molecule has 1 aromatic rings. The van der Waals surface area contributed by atoms with Crippen LogP contribution in [0.3, 0.4) is 0 Å². The van der Waals surface area contributed by atoms with Crippen molar-refractivity contribution in [3.63, 3.8) is 0 Å². The molecule has 0 saturated carbocycles. The molecule has 0 aliphatic carbocycles. The molecule has 1 fully saturated rings. The lowest BCUT2D eigenvalue weighted by molar-refractivity contribution is -0.255. The van der Waals surface area contributed by atoms with Crippen LogP contribution in [0.1, 0.15) is 35.2 Å². The first-order valence-electron chi connectivity index (χ1n) is 6.84. The van der Waals surface area contributed by atoms with Gasteiger partial charge in [-0.25, -0.2) is 0 Å². The van der Waals surface area contributed by atoms with Gasteiger partial charge in [-0.05, 0) is 36.5 Å². The molecular weight excluding hydrogens is 268 g/mol. The van der Waals surface area contributed by atoms with E-state index >= 15 is 0 Å². The Morgan fingerprint density at radius 2 is 1.76 bits per heavy atom. The van der Waals surface area contributed by atoms with Gasteiger partial charge in [0.1, 0.15) is 11.6 Å². The van der Waals surface area contributed by atoms with Gasteiger partial charge in [0.25, 0.3) is 5.91 Å². The van der Waals surface area contributed by atoms with Gasteiger partial charge in [0, 0.05) is 13.1 Å². The molecule has 0 spiro atoms. The number of hydrogen-bond acceptors (Lipinski definition) is 4. The van der Waals surface area contributed by atoms with E-state index in [1.807, 2.05) is 6.07 Å². The molecule has 0 aromatic heterocycles. The number of piperidine rings is 1. The van der Waals surface area contributed by atoms with E-state index < -0.39 is 5.97 Å². The van der Waals surface area contributed by atoms with Crippen LogP contribution in [0.15, 0.2) is 29.8 Å². The molecule has 5 heteroatoms. The van der Waals surface area contributed by atoms with Crippen molar-refractivity contribution in [1.29, 1.82) is 5.26 Å². The van der Waals surface area contributed by atoms with E-state index in [0.29, 0.717) is 18.7 Å². The van der Waals surface area contributed by atoms with Crippen LogP contribution >= 0.6 is 0 Å². The number of carbonyl (C=O) groups excluding carboxylic acids is 2. The van der Waals surface area contributed by atoms with Crippen molar-refractivity contribution in [3.8, 4) is 6.07 Å². The van der Waals surface area contributed by atoms with Crippen LogP contribution in [0.4, 0.5) is 0 Å². The minimum absolute atomic E-state index is 0.0630. The molecule has 0 bridgehead atoms. The van der Waals surface area contributed by atoms with E-state index in [-0.39, 0.29) is 17.0 Å². The maximum absolute atomic E-state index is 12.2. The summed E-state index contributed by atoms with van der Waals surface area (Å²) in [5.41, 5.74) is 0.744. The number of carboxylic acid groups (broad SMARTS) is 1. The molecule has 0 unspecified atom stereocenters. The average molecular weight is 283 g/mol. The van der Waals surface area contributed by atoms with Crippen LogP contribution < -0.4 is 5.11 Å². The third kappa shape index (κ3) is 3.69. The number of carboxylic acids is 1. The van der Waals surface area contributed by atoms with E-state index in [9.17, 15) is 14.7 Å². The van der Waals surface area contributed by atoms with Crippen molar-refractivity contribution < 1.29 is 14.7 Å². The Morgan fingerprint density at radius 3 is 2.29 bits per heavy atom. The van der Waals surface area contributed by atoms with Crippen LogP contribution in [0.5, 0.6) is 0 Å². The van der Waals surface area contributed by atoms with E-state index in [1.165, 1.54) is 18.2 Å². The number of likely N-dealkylation sites (tertiary alicyclic amines) is 1. The highest BCUT2D eigenvalue weighted by Gasteiger charge is 2.20. The fourth-order valence-corrected chi connectivity index (χ4v) is 2.29. The standard InChI is InChI=1S/C16H16N2O3/c17-11-14(15(19)18-8-2-1-3-9-18)10-12-4-6-13(7-5-12)16(20)21/h4-7,10H,1-3,8-9H2,(H,20,21)/p-1/b14-10-. The van der Waals surface area contributed by atoms with Crippen molar-refractivity contribution >= 4 is 18.0 Å². The molecule has 0 N–H and O–H groups in total. The zero-order valence-electron chi connectivity index (χ0n) is 11.5. The molecule has 0 radical (unpaired) electrons. The van der Waals surface area contributed by atoms with Crippen molar-refractivity contribution in [1.82, 2.24) is 4.90 Å². The molecular formula is C16H15N2O3-. The SMILES string of the molecule is N#C/C(=C/c1ccc(C(=O)[O-])cc1)C(=O)N1CCCCC1. The zero-order chi connectivity index (χ0) is 15.2. The molecule has 1 heterocycles. The van der Waals surface area contributed by atoms with Gasteiger partial charge in [0.05, 0.1) is 5.97 Å². The third-order valence-corrected chi connectivity index (χ3v) is 3.45. The lowest BCUT2D eigenvalue weighted by atomic mass is 10.1. The Labute approximate surface area is 123 Å². The summed E-state index contributed by atoms with van der Waals surface area (Å²) in [5, 5.41) is 19.8. The summed E-state index contributed by atoms with van der Waals surface area (Å²) >= 11 is 0. The highest BCUT2D eigenvalue weighted by molar-refractivity contribution is 6.01. The third-order valence-electron chi connectivity index (χ3n) is 3.45. The largest absolute Gasteiger partial charge is 0.545 e. The first-order chi connectivity index (χ1) is 10.1. The van der Waals surface area contributed by atoms with E-state index in [1.54, 1.807) is 17.0 Å². The number of amides is 1. The lowest BCUT2D eigenvalue weighted by Crippen LogP contribution is -2.36. The number of nitrogens with zero attached hydrogens (tertiary/aromatic N) is 2. The van der Waals surface area contributed by atoms with Crippen molar-refractivity contribution in [2.24, 2.45) is 0 Å². The van der Waals surface area contributed by atoms with Gasteiger partial charge in [0.2, 0.25) is 0 Å². The number of carbonyl (C=O) groups is 2. The molecule has 1 aliphatic heterocycles. The summed E-state index contributed by atoms with van der Waals surface area (Å²) in [6, 6.07) is 7.80. The molecule has 108 valence electrons. The summed E-state index contributed by atoms with van der Waals surface area (Å²) in [4.78, 5) is 24.6. The second-order valence-corrected chi connectivity index (χ2v) is 4.93. The van der Waals surface area contributed by atoms with Crippen molar-refractivity contribution in [3.05, 3.63) is 41.0 Å². The smallest absolute Gasteiger partial charge is 0.264 e. The molecule has 1 saturated heterocycles. The highest BCUT2D eigenvalue weighted by atomic mass is 16.4. The molecule has 1 aliphatic rings. The Hall–Kier alpha value is -2.61. The van der Waals surface area contributed by atoms with Crippen molar-refractivity contribution in [2.45, 2.75) is 19.3 Å². The Kier molecular flexibility index (Phi) is 4.72. The van der Waals surface area contributed by atoms with Crippen LogP contribution in [-0.2, 0) is 4.79 Å². The fraction of sp³-hybridized carbons (Fsp3) is 0.312. The second kappa shape index (κ2) is 6.71. The predicted molar refractivity (Wildman–Crippen MR) is 74.8 cm³/mol. The number of hydrogen-bond donors (Lipinski definition) is 0. The topological polar surface area (TPSA) is 84.2 Å². The molecule has 1 amide bonds. The summed E-state index contributed by atoms with van der Waals surface area (Å²) < 4.78 is 0. The number of rotatable bonds is 3. The zero-order valence-corrected chi connectivity index (χ0v) is 11.5.